The van der Waals surface area contributed by atoms with Gasteiger partial charge in [-0.3, -0.25) is 4.79 Å². The molecule has 0 bridgehead atoms. The first-order chi connectivity index (χ1) is 9.35. The van der Waals surface area contributed by atoms with E-state index < -0.39 is 38.5 Å². The van der Waals surface area contributed by atoms with Gasteiger partial charge in [-0.25, -0.2) is 17.2 Å². The summed E-state index contributed by atoms with van der Waals surface area (Å²) in [4.78, 5) is 10.3. The van der Waals surface area contributed by atoms with Crippen LogP contribution < -0.4 is 5.73 Å². The molecule has 8 heteroatoms. The molecule has 1 atom stereocenters. The lowest BCUT2D eigenvalue weighted by atomic mass is 10.0. The molecule has 0 spiro atoms. The molecule has 1 aliphatic heterocycles. The predicted octanol–water partition coefficient (Wildman–Crippen LogP) is 0.993. The Labute approximate surface area is 115 Å². The molecule has 1 aliphatic rings. The van der Waals surface area contributed by atoms with Gasteiger partial charge in [0.25, 0.3) is 0 Å². The quantitative estimate of drug-likeness (QED) is 0.904. The average Bonchev–Trinajstić information content (AvgIpc) is 2.38. The molecule has 20 heavy (non-hydrogen) atoms. The van der Waals surface area contributed by atoms with Crippen LogP contribution in [0.15, 0.2) is 23.1 Å². The summed E-state index contributed by atoms with van der Waals surface area (Å²) >= 11 is 0. The minimum atomic E-state index is -4.44. The number of nitrogens with zero attached hydrogens (tertiary/aromatic N) is 1. The van der Waals surface area contributed by atoms with E-state index in [-0.39, 0.29) is 13.0 Å². The molecule has 1 saturated heterocycles. The van der Waals surface area contributed by atoms with Crippen molar-refractivity contribution in [3.05, 3.63) is 29.8 Å². The van der Waals surface area contributed by atoms with Crippen LogP contribution >= 0.6 is 0 Å². The Morgan fingerprint density at radius 1 is 1.25 bits per heavy atom. The molecule has 0 unspecified atom stereocenters. The third-order valence-corrected chi connectivity index (χ3v) is 5.23. The number of sulfonamides is 1. The van der Waals surface area contributed by atoms with Crippen LogP contribution in [0.25, 0.3) is 0 Å². The topological polar surface area (TPSA) is 80.5 Å². The van der Waals surface area contributed by atoms with Crippen LogP contribution in [-0.4, -0.2) is 31.2 Å². The van der Waals surface area contributed by atoms with E-state index in [1.165, 1.54) is 0 Å². The number of benzene rings is 1. The van der Waals surface area contributed by atoms with Crippen molar-refractivity contribution in [1.29, 1.82) is 0 Å². The molecular formula is C12H14F2N2O3S. The number of piperidine rings is 1. The van der Waals surface area contributed by atoms with E-state index >= 15 is 0 Å². The Morgan fingerprint density at radius 3 is 2.40 bits per heavy atom. The number of carbonyl (C=O) groups is 1. The smallest absolute Gasteiger partial charge is 0.249 e. The molecule has 1 heterocycles. The second kappa shape index (κ2) is 5.45. The van der Waals surface area contributed by atoms with Gasteiger partial charge in [-0.05, 0) is 25.0 Å². The van der Waals surface area contributed by atoms with Gasteiger partial charge in [0.05, 0.1) is 0 Å². The van der Waals surface area contributed by atoms with Crippen LogP contribution in [0.2, 0.25) is 0 Å². The van der Waals surface area contributed by atoms with Gasteiger partial charge < -0.3 is 5.73 Å². The van der Waals surface area contributed by atoms with Crippen LogP contribution in [0, 0.1) is 11.6 Å². The fourth-order valence-electron chi connectivity index (χ4n) is 2.32. The third-order valence-electron chi connectivity index (χ3n) is 3.27. The van der Waals surface area contributed by atoms with Crippen molar-refractivity contribution in [3.63, 3.8) is 0 Å². The van der Waals surface area contributed by atoms with Crippen LogP contribution in [0.1, 0.15) is 19.3 Å². The molecule has 0 radical (unpaired) electrons. The van der Waals surface area contributed by atoms with Crippen molar-refractivity contribution in [3.8, 4) is 0 Å². The van der Waals surface area contributed by atoms with Crippen LogP contribution in [0.4, 0.5) is 8.78 Å². The fourth-order valence-corrected chi connectivity index (χ4v) is 4.10. The van der Waals surface area contributed by atoms with Gasteiger partial charge in [-0.15, -0.1) is 0 Å². The van der Waals surface area contributed by atoms with Crippen LogP contribution in [0.5, 0.6) is 0 Å². The van der Waals surface area contributed by atoms with Crippen molar-refractivity contribution in [1.82, 2.24) is 4.31 Å². The molecule has 0 saturated carbocycles. The molecule has 110 valence electrons. The zero-order chi connectivity index (χ0) is 14.9. The predicted molar refractivity (Wildman–Crippen MR) is 67.1 cm³/mol. The molecule has 1 amide bonds. The first-order valence-corrected chi connectivity index (χ1v) is 7.55. The van der Waals surface area contributed by atoms with Gasteiger partial charge in [-0.1, -0.05) is 12.5 Å². The summed E-state index contributed by atoms with van der Waals surface area (Å²) in [6, 6.07) is 1.73. The lowest BCUT2D eigenvalue weighted by Crippen LogP contribution is -2.50. The SMILES string of the molecule is NC(=O)[C@@H]1CCCCN1S(=O)(=O)c1c(F)cccc1F. The maximum absolute atomic E-state index is 13.7. The number of nitrogens with two attached hydrogens (primary N) is 1. The first kappa shape index (κ1) is 14.9. The highest BCUT2D eigenvalue weighted by molar-refractivity contribution is 7.89. The summed E-state index contributed by atoms with van der Waals surface area (Å²) in [7, 11) is -4.44. The normalized spacial score (nSPS) is 20.8. The lowest BCUT2D eigenvalue weighted by molar-refractivity contribution is -0.122. The minimum Gasteiger partial charge on any atom is -0.368 e. The van der Waals surface area contributed by atoms with E-state index in [1.807, 2.05) is 0 Å². The Hall–Kier alpha value is -1.54. The molecule has 1 aromatic carbocycles. The van der Waals surface area contributed by atoms with Crippen LogP contribution in [-0.2, 0) is 14.8 Å². The van der Waals surface area contributed by atoms with E-state index in [0.29, 0.717) is 12.8 Å². The minimum absolute atomic E-state index is 0.0176. The largest absolute Gasteiger partial charge is 0.368 e. The number of hydrogen-bond acceptors (Lipinski definition) is 3. The summed E-state index contributed by atoms with van der Waals surface area (Å²) in [6.45, 7) is 0.0176. The second-order valence-corrected chi connectivity index (χ2v) is 6.41. The van der Waals surface area contributed by atoms with Gasteiger partial charge in [0.2, 0.25) is 15.9 Å². The highest BCUT2D eigenvalue weighted by atomic mass is 32.2. The lowest BCUT2D eigenvalue weighted by Gasteiger charge is -2.32. The molecule has 0 aliphatic carbocycles. The van der Waals surface area contributed by atoms with Crippen LogP contribution in [0.3, 0.4) is 0 Å². The van der Waals surface area contributed by atoms with Crippen molar-refractivity contribution in [2.75, 3.05) is 6.54 Å². The highest BCUT2D eigenvalue weighted by Crippen LogP contribution is 2.28. The van der Waals surface area contributed by atoms with Gasteiger partial charge in [0.15, 0.2) is 4.90 Å². The summed E-state index contributed by atoms with van der Waals surface area (Å²) < 4.78 is 52.9. The van der Waals surface area contributed by atoms with Gasteiger partial charge in [0, 0.05) is 6.54 Å². The highest BCUT2D eigenvalue weighted by Gasteiger charge is 2.39. The van der Waals surface area contributed by atoms with E-state index in [9.17, 15) is 22.0 Å². The number of halogens is 2. The van der Waals surface area contributed by atoms with E-state index in [2.05, 4.69) is 0 Å². The zero-order valence-electron chi connectivity index (χ0n) is 10.6. The Kier molecular flexibility index (Phi) is 4.05. The Balaban J connectivity index is 2.51. The second-order valence-electron chi connectivity index (χ2n) is 4.58. The number of amides is 1. The van der Waals surface area contributed by atoms with Gasteiger partial charge in [0.1, 0.15) is 17.7 Å². The number of rotatable bonds is 3. The number of hydrogen-bond donors (Lipinski definition) is 1. The van der Waals surface area contributed by atoms with Gasteiger partial charge >= 0.3 is 0 Å². The van der Waals surface area contributed by atoms with Crippen molar-refractivity contribution in [2.45, 2.75) is 30.2 Å². The molecule has 2 N–H and O–H groups in total. The molecular weight excluding hydrogens is 290 g/mol. The summed E-state index contributed by atoms with van der Waals surface area (Å²) in [5, 5.41) is 0. The first-order valence-electron chi connectivity index (χ1n) is 6.11. The number of primary amides is 1. The third kappa shape index (κ3) is 2.53. The van der Waals surface area contributed by atoms with Crippen molar-refractivity contribution in [2.24, 2.45) is 5.73 Å². The molecule has 1 aromatic rings. The fraction of sp³-hybridized carbons (Fsp3) is 0.417. The standard InChI is InChI=1S/C12H14F2N2O3S/c13-8-4-3-5-9(14)11(8)20(18,19)16-7-2-1-6-10(16)12(15)17/h3-5,10H,1-2,6-7H2,(H2,15,17)/t10-/m0/s1. The van der Waals surface area contributed by atoms with E-state index in [4.69, 9.17) is 5.73 Å². The maximum Gasteiger partial charge on any atom is 0.249 e. The molecule has 2 rings (SSSR count). The van der Waals surface area contributed by atoms with E-state index in [0.717, 1.165) is 22.5 Å². The monoisotopic (exact) mass is 304 g/mol. The molecule has 0 aromatic heterocycles. The van der Waals surface area contributed by atoms with E-state index in [1.54, 1.807) is 0 Å². The average molecular weight is 304 g/mol. The molecule has 5 nitrogen and oxygen atoms in total. The summed E-state index contributed by atoms with van der Waals surface area (Å²) in [5.74, 6) is -3.18. The Bertz CT molecular complexity index is 613. The molecule has 1 fully saturated rings. The summed E-state index contributed by atoms with van der Waals surface area (Å²) in [6.07, 6.45) is 1.41. The maximum atomic E-state index is 13.7. The van der Waals surface area contributed by atoms with Crippen molar-refractivity contribution >= 4 is 15.9 Å². The van der Waals surface area contributed by atoms with Crippen molar-refractivity contribution < 1.29 is 22.0 Å². The zero-order valence-corrected chi connectivity index (χ0v) is 11.4. The summed E-state index contributed by atoms with van der Waals surface area (Å²) in [5.41, 5.74) is 5.18. The number of carbonyl (C=O) groups excluding carboxylic acids is 1. The van der Waals surface area contributed by atoms with Gasteiger partial charge in [-0.2, -0.15) is 4.31 Å². The Morgan fingerprint density at radius 2 is 1.85 bits per heavy atom.